The SMILES string of the molecule is CCC1CCC(CNc2ccnc(NN)n2)CC1. The second-order valence-electron chi connectivity index (χ2n) is 5.09. The maximum Gasteiger partial charge on any atom is 0.239 e. The fourth-order valence-electron chi connectivity index (χ4n) is 2.62. The number of hydrogen-bond acceptors (Lipinski definition) is 5. The second kappa shape index (κ2) is 6.54. The standard InChI is InChI=1S/C13H23N5/c1-2-10-3-5-11(6-4-10)9-16-12-7-8-15-13(17-12)18-14/h7-8,10-11H,2-6,9,14H2,1H3,(H2,15,16,17,18). The summed E-state index contributed by atoms with van der Waals surface area (Å²) in [4.78, 5) is 8.23. The number of nitrogens with two attached hydrogens (primary N) is 1. The Bertz CT molecular complexity index is 360. The molecule has 1 aliphatic rings. The van der Waals surface area contributed by atoms with Crippen molar-refractivity contribution in [3.05, 3.63) is 12.3 Å². The lowest BCUT2D eigenvalue weighted by Crippen LogP contribution is -2.21. The molecule has 0 radical (unpaired) electrons. The molecule has 0 aliphatic heterocycles. The summed E-state index contributed by atoms with van der Waals surface area (Å²) in [7, 11) is 0. The Morgan fingerprint density at radius 3 is 2.67 bits per heavy atom. The smallest absolute Gasteiger partial charge is 0.239 e. The van der Waals surface area contributed by atoms with E-state index < -0.39 is 0 Å². The lowest BCUT2D eigenvalue weighted by Gasteiger charge is -2.27. The van der Waals surface area contributed by atoms with E-state index in [4.69, 9.17) is 5.84 Å². The summed E-state index contributed by atoms with van der Waals surface area (Å²) in [6, 6.07) is 1.87. The van der Waals surface area contributed by atoms with Gasteiger partial charge >= 0.3 is 0 Å². The molecule has 1 fully saturated rings. The molecule has 1 aliphatic carbocycles. The highest BCUT2D eigenvalue weighted by Gasteiger charge is 2.19. The van der Waals surface area contributed by atoms with Gasteiger partial charge in [0.15, 0.2) is 0 Å². The van der Waals surface area contributed by atoms with Gasteiger partial charge in [-0.1, -0.05) is 26.2 Å². The van der Waals surface area contributed by atoms with Crippen molar-refractivity contribution in [3.8, 4) is 0 Å². The summed E-state index contributed by atoms with van der Waals surface area (Å²) in [6.07, 6.45) is 8.46. The van der Waals surface area contributed by atoms with Crippen molar-refractivity contribution in [2.24, 2.45) is 17.7 Å². The maximum atomic E-state index is 5.29. The van der Waals surface area contributed by atoms with Crippen molar-refractivity contribution in [1.29, 1.82) is 0 Å². The van der Waals surface area contributed by atoms with E-state index in [1.165, 1.54) is 32.1 Å². The number of rotatable bonds is 5. The Kier molecular flexibility index (Phi) is 4.75. The summed E-state index contributed by atoms with van der Waals surface area (Å²) in [5.41, 5.74) is 2.46. The van der Waals surface area contributed by atoms with E-state index in [1.807, 2.05) is 6.07 Å². The third-order valence-corrected chi connectivity index (χ3v) is 3.90. The molecule has 0 atom stereocenters. The Morgan fingerprint density at radius 2 is 2.00 bits per heavy atom. The Balaban J connectivity index is 1.77. The summed E-state index contributed by atoms with van der Waals surface area (Å²) in [5.74, 6) is 8.31. The van der Waals surface area contributed by atoms with E-state index >= 15 is 0 Å². The van der Waals surface area contributed by atoms with Crippen LogP contribution in [0.15, 0.2) is 12.3 Å². The highest BCUT2D eigenvalue weighted by Crippen LogP contribution is 2.30. The van der Waals surface area contributed by atoms with Gasteiger partial charge in [0, 0.05) is 12.7 Å². The second-order valence-corrected chi connectivity index (χ2v) is 5.09. The Morgan fingerprint density at radius 1 is 1.28 bits per heavy atom. The molecular formula is C13H23N5. The van der Waals surface area contributed by atoms with Gasteiger partial charge in [0.05, 0.1) is 0 Å². The number of nitrogen functional groups attached to an aromatic ring is 1. The van der Waals surface area contributed by atoms with E-state index in [1.54, 1.807) is 6.20 Å². The molecule has 0 bridgehead atoms. The molecule has 5 nitrogen and oxygen atoms in total. The van der Waals surface area contributed by atoms with Gasteiger partial charge in [-0.2, -0.15) is 4.98 Å². The minimum atomic E-state index is 0.453. The van der Waals surface area contributed by atoms with Gasteiger partial charge in [0.1, 0.15) is 5.82 Å². The van der Waals surface area contributed by atoms with Gasteiger partial charge < -0.3 is 5.32 Å². The van der Waals surface area contributed by atoms with Gasteiger partial charge in [-0.15, -0.1) is 0 Å². The van der Waals surface area contributed by atoms with Crippen LogP contribution in [0.4, 0.5) is 11.8 Å². The molecular weight excluding hydrogens is 226 g/mol. The van der Waals surface area contributed by atoms with Crippen LogP contribution in [0.1, 0.15) is 39.0 Å². The molecule has 2 rings (SSSR count). The summed E-state index contributed by atoms with van der Waals surface area (Å²) < 4.78 is 0. The molecule has 1 aromatic heterocycles. The monoisotopic (exact) mass is 249 g/mol. The first-order valence-electron chi connectivity index (χ1n) is 6.85. The fourth-order valence-corrected chi connectivity index (χ4v) is 2.62. The van der Waals surface area contributed by atoms with Crippen molar-refractivity contribution >= 4 is 11.8 Å². The van der Waals surface area contributed by atoms with Crippen LogP contribution >= 0.6 is 0 Å². The van der Waals surface area contributed by atoms with E-state index in [0.717, 1.165) is 24.2 Å². The van der Waals surface area contributed by atoms with Gasteiger partial charge in [0.2, 0.25) is 5.95 Å². The maximum absolute atomic E-state index is 5.29. The molecule has 1 aromatic rings. The van der Waals surface area contributed by atoms with Crippen molar-refractivity contribution in [3.63, 3.8) is 0 Å². The quantitative estimate of drug-likeness (QED) is 0.552. The lowest BCUT2D eigenvalue weighted by atomic mass is 9.81. The largest absolute Gasteiger partial charge is 0.370 e. The average Bonchev–Trinajstić information content (AvgIpc) is 2.46. The number of hydrogen-bond donors (Lipinski definition) is 3. The number of nitrogens with zero attached hydrogens (tertiary/aromatic N) is 2. The Hall–Kier alpha value is -1.36. The first kappa shape index (κ1) is 13.1. The minimum absolute atomic E-state index is 0.453. The lowest BCUT2D eigenvalue weighted by molar-refractivity contribution is 0.278. The molecule has 100 valence electrons. The van der Waals surface area contributed by atoms with Crippen LogP contribution < -0.4 is 16.6 Å². The predicted molar refractivity (Wildman–Crippen MR) is 74.1 cm³/mol. The van der Waals surface area contributed by atoms with Crippen molar-refractivity contribution in [2.45, 2.75) is 39.0 Å². The summed E-state index contributed by atoms with van der Waals surface area (Å²) in [6.45, 7) is 3.29. The van der Waals surface area contributed by atoms with Gasteiger partial charge in [-0.05, 0) is 30.7 Å². The van der Waals surface area contributed by atoms with Crippen LogP contribution in [0.3, 0.4) is 0 Å². The normalized spacial score (nSPS) is 23.7. The van der Waals surface area contributed by atoms with Crippen LogP contribution in [-0.2, 0) is 0 Å². The van der Waals surface area contributed by atoms with Crippen LogP contribution in [-0.4, -0.2) is 16.5 Å². The van der Waals surface area contributed by atoms with E-state index in [2.05, 4.69) is 27.6 Å². The van der Waals surface area contributed by atoms with Crippen molar-refractivity contribution < 1.29 is 0 Å². The van der Waals surface area contributed by atoms with E-state index in [0.29, 0.717) is 5.95 Å². The zero-order valence-electron chi connectivity index (χ0n) is 11.0. The average molecular weight is 249 g/mol. The highest BCUT2D eigenvalue weighted by molar-refractivity contribution is 5.38. The van der Waals surface area contributed by atoms with Crippen LogP contribution in [0.5, 0.6) is 0 Å². The predicted octanol–water partition coefficient (Wildman–Crippen LogP) is 2.39. The molecule has 5 heteroatoms. The number of hydrazine groups is 1. The minimum Gasteiger partial charge on any atom is -0.370 e. The number of anilines is 2. The first-order valence-corrected chi connectivity index (χ1v) is 6.85. The molecule has 18 heavy (non-hydrogen) atoms. The zero-order chi connectivity index (χ0) is 12.8. The van der Waals surface area contributed by atoms with Gasteiger partial charge in [-0.3, -0.25) is 5.43 Å². The molecule has 4 N–H and O–H groups in total. The number of aromatic nitrogens is 2. The van der Waals surface area contributed by atoms with E-state index in [-0.39, 0.29) is 0 Å². The summed E-state index contributed by atoms with van der Waals surface area (Å²) >= 11 is 0. The molecule has 0 aromatic carbocycles. The molecule has 1 saturated carbocycles. The van der Waals surface area contributed by atoms with E-state index in [9.17, 15) is 0 Å². The molecule has 1 heterocycles. The molecule has 0 spiro atoms. The summed E-state index contributed by atoms with van der Waals surface area (Å²) in [5, 5.41) is 3.38. The zero-order valence-corrected chi connectivity index (χ0v) is 11.0. The Labute approximate surface area is 109 Å². The van der Waals surface area contributed by atoms with Gasteiger partial charge in [0.25, 0.3) is 0 Å². The van der Waals surface area contributed by atoms with Crippen LogP contribution in [0.25, 0.3) is 0 Å². The van der Waals surface area contributed by atoms with Gasteiger partial charge in [-0.25, -0.2) is 10.8 Å². The highest BCUT2D eigenvalue weighted by atomic mass is 15.3. The van der Waals surface area contributed by atoms with Crippen LogP contribution in [0, 0.1) is 11.8 Å². The number of nitrogens with one attached hydrogen (secondary N) is 2. The third-order valence-electron chi connectivity index (χ3n) is 3.90. The fraction of sp³-hybridized carbons (Fsp3) is 0.692. The van der Waals surface area contributed by atoms with Crippen molar-refractivity contribution in [2.75, 3.05) is 17.3 Å². The third kappa shape index (κ3) is 3.57. The van der Waals surface area contributed by atoms with Crippen molar-refractivity contribution in [1.82, 2.24) is 9.97 Å². The molecule has 0 saturated heterocycles. The van der Waals surface area contributed by atoms with Crippen LogP contribution in [0.2, 0.25) is 0 Å². The first-order chi connectivity index (χ1) is 8.81. The molecule has 0 amide bonds. The molecule has 0 unspecified atom stereocenters. The topological polar surface area (TPSA) is 75.9 Å².